The van der Waals surface area contributed by atoms with Gasteiger partial charge in [-0.1, -0.05) is 42.0 Å². The molecule has 0 fully saturated rings. The van der Waals surface area contributed by atoms with Crippen LogP contribution >= 0.6 is 0 Å². The van der Waals surface area contributed by atoms with E-state index in [0.29, 0.717) is 6.61 Å². The third-order valence-corrected chi connectivity index (χ3v) is 3.43. The van der Waals surface area contributed by atoms with E-state index in [0.717, 1.165) is 16.7 Å². The Bertz CT molecular complexity index is 542. The molecule has 110 valence electrons. The Hall–Kier alpha value is -2.16. The monoisotopic (exact) mass is 286 g/mol. The molecule has 0 saturated heterocycles. The zero-order chi connectivity index (χ0) is 15.2. The highest BCUT2D eigenvalue weighted by Crippen LogP contribution is 2.29. The number of rotatable bonds is 5. The highest BCUT2D eigenvalue weighted by molar-refractivity contribution is 5.71. The smallest absolute Gasteiger partial charge is 0.306 e. The summed E-state index contributed by atoms with van der Waals surface area (Å²) in [4.78, 5) is 11.8. The molecule has 2 aromatic carbocycles. The first-order valence-corrected chi connectivity index (χ1v) is 7.07. The van der Waals surface area contributed by atoms with Gasteiger partial charge in [-0.05, 0) is 37.1 Å². The normalized spacial score (nSPS) is 12.0. The maximum Gasteiger partial charge on any atom is 0.306 e. The van der Waals surface area contributed by atoms with Crippen molar-refractivity contribution < 1.29 is 13.9 Å². The lowest BCUT2D eigenvalue weighted by Crippen LogP contribution is -2.11. The molecule has 0 aromatic heterocycles. The van der Waals surface area contributed by atoms with Gasteiger partial charge in [0.2, 0.25) is 0 Å². The van der Waals surface area contributed by atoms with Crippen LogP contribution < -0.4 is 0 Å². The molecule has 0 amide bonds. The highest BCUT2D eigenvalue weighted by Gasteiger charge is 2.19. The Kier molecular flexibility index (Phi) is 5.09. The number of halogens is 1. The first-order valence-electron chi connectivity index (χ1n) is 7.07. The van der Waals surface area contributed by atoms with Crippen LogP contribution in [0, 0.1) is 12.7 Å². The molecule has 2 nitrogen and oxygen atoms in total. The van der Waals surface area contributed by atoms with Crippen molar-refractivity contribution in [3.05, 3.63) is 71.0 Å². The Morgan fingerprint density at radius 3 is 2.10 bits per heavy atom. The summed E-state index contributed by atoms with van der Waals surface area (Å²) in [5.41, 5.74) is 3.10. The highest BCUT2D eigenvalue weighted by atomic mass is 19.1. The summed E-state index contributed by atoms with van der Waals surface area (Å²) in [5.74, 6) is -0.643. The average Bonchev–Trinajstić information content (AvgIpc) is 2.47. The third-order valence-electron chi connectivity index (χ3n) is 3.43. The fourth-order valence-corrected chi connectivity index (χ4v) is 2.31. The van der Waals surface area contributed by atoms with Crippen LogP contribution in [0.1, 0.15) is 36.0 Å². The molecular formula is C18H19FO2. The quantitative estimate of drug-likeness (QED) is 0.769. The van der Waals surface area contributed by atoms with Crippen molar-refractivity contribution in [1.29, 1.82) is 0 Å². The number of ether oxygens (including phenoxy) is 1. The van der Waals surface area contributed by atoms with E-state index in [2.05, 4.69) is 0 Å². The molecule has 0 N–H and O–H groups in total. The molecule has 0 spiro atoms. The molecule has 0 aliphatic rings. The predicted molar refractivity (Wildman–Crippen MR) is 80.7 cm³/mol. The van der Waals surface area contributed by atoms with Gasteiger partial charge in [-0.3, -0.25) is 4.79 Å². The summed E-state index contributed by atoms with van der Waals surface area (Å²) in [6, 6.07) is 14.3. The first-order chi connectivity index (χ1) is 10.1. The van der Waals surface area contributed by atoms with Crippen molar-refractivity contribution in [2.75, 3.05) is 6.61 Å². The van der Waals surface area contributed by atoms with Gasteiger partial charge in [0, 0.05) is 5.92 Å². The van der Waals surface area contributed by atoms with E-state index >= 15 is 0 Å². The third kappa shape index (κ3) is 4.15. The maximum absolute atomic E-state index is 13.1. The van der Waals surface area contributed by atoms with Gasteiger partial charge >= 0.3 is 5.97 Å². The number of aryl methyl sites for hydroxylation is 1. The topological polar surface area (TPSA) is 26.3 Å². The van der Waals surface area contributed by atoms with Crippen LogP contribution in [0.25, 0.3) is 0 Å². The number of esters is 1. The van der Waals surface area contributed by atoms with Gasteiger partial charge in [0.1, 0.15) is 5.82 Å². The number of carbonyl (C=O) groups is 1. The molecule has 0 aliphatic heterocycles. The van der Waals surface area contributed by atoms with Crippen LogP contribution in [0.2, 0.25) is 0 Å². The minimum absolute atomic E-state index is 0.120. The predicted octanol–water partition coefficient (Wildman–Crippen LogP) is 4.22. The molecule has 0 heterocycles. The van der Waals surface area contributed by atoms with E-state index < -0.39 is 0 Å². The summed E-state index contributed by atoms with van der Waals surface area (Å²) in [6.07, 6.45) is 0.253. The van der Waals surface area contributed by atoms with Crippen molar-refractivity contribution in [3.8, 4) is 0 Å². The second-order valence-corrected chi connectivity index (χ2v) is 5.02. The number of hydrogen-bond acceptors (Lipinski definition) is 2. The van der Waals surface area contributed by atoms with Crippen LogP contribution in [-0.4, -0.2) is 12.6 Å². The molecule has 0 bridgehead atoms. The van der Waals surface area contributed by atoms with Gasteiger partial charge in [-0.15, -0.1) is 0 Å². The Morgan fingerprint density at radius 2 is 1.57 bits per heavy atom. The second-order valence-electron chi connectivity index (χ2n) is 5.02. The first kappa shape index (κ1) is 15.2. The number of carbonyl (C=O) groups excluding carboxylic acids is 1. The van der Waals surface area contributed by atoms with Gasteiger partial charge < -0.3 is 4.74 Å². The van der Waals surface area contributed by atoms with Crippen molar-refractivity contribution in [2.24, 2.45) is 0 Å². The van der Waals surface area contributed by atoms with Gasteiger partial charge in [0.25, 0.3) is 0 Å². The van der Waals surface area contributed by atoms with Crippen molar-refractivity contribution in [1.82, 2.24) is 0 Å². The minimum Gasteiger partial charge on any atom is -0.466 e. The van der Waals surface area contributed by atoms with E-state index in [1.165, 1.54) is 12.1 Å². The van der Waals surface area contributed by atoms with Gasteiger partial charge in [-0.25, -0.2) is 4.39 Å². The van der Waals surface area contributed by atoms with Crippen molar-refractivity contribution in [3.63, 3.8) is 0 Å². The molecule has 1 atom stereocenters. The summed E-state index contributed by atoms with van der Waals surface area (Å²) in [7, 11) is 0. The summed E-state index contributed by atoms with van der Waals surface area (Å²) >= 11 is 0. The van der Waals surface area contributed by atoms with E-state index in [1.807, 2.05) is 31.2 Å². The van der Waals surface area contributed by atoms with Crippen LogP contribution in [0.4, 0.5) is 4.39 Å². The molecule has 2 aromatic rings. The Labute approximate surface area is 124 Å². The molecule has 21 heavy (non-hydrogen) atoms. The van der Waals surface area contributed by atoms with Crippen molar-refractivity contribution in [2.45, 2.75) is 26.2 Å². The van der Waals surface area contributed by atoms with E-state index in [9.17, 15) is 9.18 Å². The number of hydrogen-bond donors (Lipinski definition) is 0. The number of benzene rings is 2. The lowest BCUT2D eigenvalue weighted by Gasteiger charge is -2.17. The van der Waals surface area contributed by atoms with Crippen LogP contribution in [-0.2, 0) is 9.53 Å². The van der Waals surface area contributed by atoms with E-state index in [4.69, 9.17) is 4.74 Å². The summed E-state index contributed by atoms with van der Waals surface area (Å²) in [6.45, 7) is 4.17. The largest absolute Gasteiger partial charge is 0.466 e. The lowest BCUT2D eigenvalue weighted by molar-refractivity contribution is -0.143. The molecule has 0 aliphatic carbocycles. The molecule has 0 radical (unpaired) electrons. The van der Waals surface area contributed by atoms with Crippen LogP contribution in [0.15, 0.2) is 48.5 Å². The zero-order valence-corrected chi connectivity index (χ0v) is 12.3. The zero-order valence-electron chi connectivity index (χ0n) is 12.3. The van der Waals surface area contributed by atoms with Gasteiger partial charge in [0.05, 0.1) is 13.0 Å². The van der Waals surface area contributed by atoms with Crippen molar-refractivity contribution >= 4 is 5.97 Å². The standard InChI is InChI=1S/C18H19FO2/c1-3-21-18(20)12-17(14-6-4-13(2)5-7-14)15-8-10-16(19)11-9-15/h4-11,17H,3,12H2,1-2H3. The minimum atomic E-state index is -0.280. The summed E-state index contributed by atoms with van der Waals surface area (Å²) in [5, 5.41) is 0. The Balaban J connectivity index is 2.31. The fraction of sp³-hybridized carbons (Fsp3) is 0.278. The fourth-order valence-electron chi connectivity index (χ4n) is 2.31. The molecule has 0 saturated carbocycles. The SMILES string of the molecule is CCOC(=O)CC(c1ccc(C)cc1)c1ccc(F)cc1. The molecular weight excluding hydrogens is 267 g/mol. The Morgan fingerprint density at radius 1 is 1.05 bits per heavy atom. The van der Waals surface area contributed by atoms with Gasteiger partial charge in [0.15, 0.2) is 0 Å². The molecule has 1 unspecified atom stereocenters. The van der Waals surface area contributed by atoms with Crippen LogP contribution in [0.3, 0.4) is 0 Å². The maximum atomic E-state index is 13.1. The van der Waals surface area contributed by atoms with E-state index in [-0.39, 0.29) is 24.1 Å². The second kappa shape index (κ2) is 7.02. The molecule has 3 heteroatoms. The summed E-state index contributed by atoms with van der Waals surface area (Å²) < 4.78 is 18.1. The van der Waals surface area contributed by atoms with E-state index in [1.54, 1.807) is 19.1 Å². The average molecular weight is 286 g/mol. The molecule has 2 rings (SSSR count). The van der Waals surface area contributed by atoms with Gasteiger partial charge in [-0.2, -0.15) is 0 Å². The lowest BCUT2D eigenvalue weighted by atomic mass is 9.88. The van der Waals surface area contributed by atoms with Crippen LogP contribution in [0.5, 0.6) is 0 Å².